The molecule has 0 unspecified atom stereocenters. The van der Waals surface area contributed by atoms with Gasteiger partial charge >= 0.3 is 0 Å². The van der Waals surface area contributed by atoms with Gasteiger partial charge in [0, 0.05) is 36.6 Å². The molecule has 1 N–H and O–H groups in total. The fraction of sp³-hybridized carbons (Fsp3) is 0.312. The van der Waals surface area contributed by atoms with Gasteiger partial charge in [0.05, 0.1) is 0 Å². The van der Waals surface area contributed by atoms with Crippen LogP contribution in [0.2, 0.25) is 0 Å². The van der Waals surface area contributed by atoms with Gasteiger partial charge in [-0.25, -0.2) is 4.39 Å². The first-order valence-electron chi connectivity index (χ1n) is 6.66. The van der Waals surface area contributed by atoms with E-state index in [9.17, 15) is 4.39 Å². The number of pyridine rings is 1. The highest BCUT2D eigenvalue weighted by atomic mass is 19.1. The molecule has 0 amide bonds. The van der Waals surface area contributed by atoms with E-state index in [0.29, 0.717) is 24.1 Å². The molecule has 0 fully saturated rings. The third kappa shape index (κ3) is 3.78. The summed E-state index contributed by atoms with van der Waals surface area (Å²) in [5.41, 5.74) is 1.84. The van der Waals surface area contributed by atoms with Gasteiger partial charge < -0.3 is 10.1 Å². The first-order chi connectivity index (χ1) is 9.56. The van der Waals surface area contributed by atoms with Crippen LogP contribution in [0.4, 0.5) is 4.39 Å². The Bertz CT molecular complexity index is 584. The third-order valence-corrected chi connectivity index (χ3v) is 2.93. The van der Waals surface area contributed by atoms with Gasteiger partial charge in [-0.05, 0) is 24.6 Å². The van der Waals surface area contributed by atoms with E-state index in [1.165, 1.54) is 12.1 Å². The molecule has 0 bridgehead atoms. The zero-order valence-corrected chi connectivity index (χ0v) is 12.0. The SMILES string of the molecule is Cc1ccc(F)cc1Oc1ccncc1CNC(C)C. The number of halogens is 1. The second-order valence-electron chi connectivity index (χ2n) is 5.03. The molecule has 1 aromatic heterocycles. The molecule has 0 aliphatic heterocycles. The topological polar surface area (TPSA) is 34.1 Å². The van der Waals surface area contributed by atoms with Crippen LogP contribution in [0.15, 0.2) is 36.7 Å². The van der Waals surface area contributed by atoms with Crippen molar-refractivity contribution in [3.05, 3.63) is 53.6 Å². The summed E-state index contributed by atoms with van der Waals surface area (Å²) in [5, 5.41) is 3.32. The summed E-state index contributed by atoms with van der Waals surface area (Å²) >= 11 is 0. The summed E-state index contributed by atoms with van der Waals surface area (Å²) in [6.45, 7) is 6.71. The Kier molecular flexibility index (Phi) is 4.69. The van der Waals surface area contributed by atoms with Crippen LogP contribution in [0.25, 0.3) is 0 Å². The smallest absolute Gasteiger partial charge is 0.135 e. The summed E-state index contributed by atoms with van der Waals surface area (Å²) in [4.78, 5) is 4.11. The monoisotopic (exact) mass is 274 g/mol. The van der Waals surface area contributed by atoms with E-state index in [-0.39, 0.29) is 5.82 Å². The number of hydrogen-bond acceptors (Lipinski definition) is 3. The lowest BCUT2D eigenvalue weighted by atomic mass is 10.2. The van der Waals surface area contributed by atoms with E-state index in [4.69, 9.17) is 4.74 Å². The normalized spacial score (nSPS) is 10.8. The van der Waals surface area contributed by atoms with Crippen LogP contribution in [0.5, 0.6) is 11.5 Å². The zero-order valence-electron chi connectivity index (χ0n) is 12.0. The third-order valence-electron chi connectivity index (χ3n) is 2.93. The highest BCUT2D eigenvalue weighted by Gasteiger charge is 2.08. The maximum atomic E-state index is 13.3. The molecule has 4 heteroatoms. The summed E-state index contributed by atoms with van der Waals surface area (Å²) in [7, 11) is 0. The lowest BCUT2D eigenvalue weighted by Crippen LogP contribution is -2.22. The number of aryl methyl sites for hydroxylation is 1. The summed E-state index contributed by atoms with van der Waals surface area (Å²) in [5.74, 6) is 0.922. The first-order valence-corrected chi connectivity index (χ1v) is 6.66. The van der Waals surface area contributed by atoms with Crippen molar-refractivity contribution >= 4 is 0 Å². The minimum absolute atomic E-state index is 0.304. The molecule has 0 aliphatic rings. The first kappa shape index (κ1) is 14.5. The predicted molar refractivity (Wildman–Crippen MR) is 77.4 cm³/mol. The second kappa shape index (κ2) is 6.48. The van der Waals surface area contributed by atoms with Crippen molar-refractivity contribution in [3.63, 3.8) is 0 Å². The number of ether oxygens (including phenoxy) is 1. The number of nitrogens with one attached hydrogen (secondary N) is 1. The second-order valence-corrected chi connectivity index (χ2v) is 5.03. The molecule has 2 rings (SSSR count). The number of hydrogen-bond donors (Lipinski definition) is 1. The van der Waals surface area contributed by atoms with E-state index >= 15 is 0 Å². The molecule has 0 saturated heterocycles. The van der Waals surface area contributed by atoms with Crippen molar-refractivity contribution < 1.29 is 9.13 Å². The van der Waals surface area contributed by atoms with Crippen LogP contribution in [-0.2, 0) is 6.54 Å². The lowest BCUT2D eigenvalue weighted by molar-refractivity contribution is 0.460. The molecule has 106 valence electrons. The zero-order chi connectivity index (χ0) is 14.5. The average Bonchev–Trinajstić information content (AvgIpc) is 2.42. The molecule has 1 aromatic carbocycles. The number of benzene rings is 1. The van der Waals surface area contributed by atoms with Gasteiger partial charge in [0.15, 0.2) is 0 Å². The van der Waals surface area contributed by atoms with Crippen molar-refractivity contribution in [2.75, 3.05) is 0 Å². The minimum atomic E-state index is -0.304. The minimum Gasteiger partial charge on any atom is -0.457 e. The summed E-state index contributed by atoms with van der Waals surface area (Å²) in [6.07, 6.45) is 3.43. The Morgan fingerprint density at radius 3 is 2.80 bits per heavy atom. The number of nitrogens with zero attached hydrogens (tertiary/aromatic N) is 1. The molecule has 0 radical (unpaired) electrons. The summed E-state index contributed by atoms with van der Waals surface area (Å²) < 4.78 is 19.1. The Labute approximate surface area is 118 Å². The van der Waals surface area contributed by atoms with Crippen molar-refractivity contribution in [2.24, 2.45) is 0 Å². The van der Waals surface area contributed by atoms with E-state index in [1.807, 2.05) is 6.92 Å². The van der Waals surface area contributed by atoms with Crippen LogP contribution < -0.4 is 10.1 Å². The Hall–Kier alpha value is -1.94. The van der Waals surface area contributed by atoms with Crippen LogP contribution in [-0.4, -0.2) is 11.0 Å². The number of aromatic nitrogens is 1. The summed E-state index contributed by atoms with van der Waals surface area (Å²) in [6, 6.07) is 6.70. The Morgan fingerprint density at radius 1 is 1.25 bits per heavy atom. The van der Waals surface area contributed by atoms with Gasteiger partial charge in [0.2, 0.25) is 0 Å². The Morgan fingerprint density at radius 2 is 2.05 bits per heavy atom. The maximum absolute atomic E-state index is 13.3. The average molecular weight is 274 g/mol. The van der Waals surface area contributed by atoms with E-state index in [2.05, 4.69) is 24.1 Å². The van der Waals surface area contributed by atoms with E-state index < -0.39 is 0 Å². The van der Waals surface area contributed by atoms with Crippen LogP contribution in [0, 0.1) is 12.7 Å². The van der Waals surface area contributed by atoms with Crippen molar-refractivity contribution in [1.29, 1.82) is 0 Å². The number of rotatable bonds is 5. The highest BCUT2D eigenvalue weighted by Crippen LogP contribution is 2.28. The Balaban J connectivity index is 2.22. The van der Waals surface area contributed by atoms with E-state index in [0.717, 1.165) is 11.1 Å². The van der Waals surface area contributed by atoms with Gasteiger partial charge in [0.1, 0.15) is 17.3 Å². The lowest BCUT2D eigenvalue weighted by Gasteiger charge is -2.14. The van der Waals surface area contributed by atoms with Gasteiger partial charge in [0.25, 0.3) is 0 Å². The molecule has 0 atom stereocenters. The van der Waals surface area contributed by atoms with Crippen molar-refractivity contribution in [1.82, 2.24) is 10.3 Å². The maximum Gasteiger partial charge on any atom is 0.135 e. The molecule has 3 nitrogen and oxygen atoms in total. The molecule has 2 aromatic rings. The molecular formula is C16H19FN2O. The van der Waals surface area contributed by atoms with Gasteiger partial charge in [-0.15, -0.1) is 0 Å². The van der Waals surface area contributed by atoms with Gasteiger partial charge in [-0.1, -0.05) is 19.9 Å². The van der Waals surface area contributed by atoms with Crippen molar-refractivity contribution in [2.45, 2.75) is 33.4 Å². The standard InChI is InChI=1S/C16H19FN2O/c1-11(2)19-10-13-9-18-7-6-15(13)20-16-8-14(17)5-4-12(16)3/h4-9,11,19H,10H2,1-3H3. The fourth-order valence-electron chi connectivity index (χ4n) is 1.76. The molecule has 20 heavy (non-hydrogen) atoms. The van der Waals surface area contributed by atoms with Gasteiger partial charge in [-0.3, -0.25) is 4.98 Å². The largest absolute Gasteiger partial charge is 0.457 e. The molecule has 0 aliphatic carbocycles. The van der Waals surface area contributed by atoms with Crippen LogP contribution in [0.3, 0.4) is 0 Å². The molecule has 1 heterocycles. The predicted octanol–water partition coefficient (Wildman–Crippen LogP) is 3.82. The van der Waals surface area contributed by atoms with E-state index in [1.54, 1.807) is 24.5 Å². The molecule has 0 saturated carbocycles. The molecule has 0 spiro atoms. The van der Waals surface area contributed by atoms with Crippen LogP contribution in [0.1, 0.15) is 25.0 Å². The van der Waals surface area contributed by atoms with Crippen molar-refractivity contribution in [3.8, 4) is 11.5 Å². The fourth-order valence-corrected chi connectivity index (χ4v) is 1.76. The van der Waals surface area contributed by atoms with Gasteiger partial charge in [-0.2, -0.15) is 0 Å². The quantitative estimate of drug-likeness (QED) is 0.900. The highest BCUT2D eigenvalue weighted by molar-refractivity contribution is 5.39. The molecular weight excluding hydrogens is 255 g/mol. The van der Waals surface area contributed by atoms with Crippen LogP contribution >= 0.6 is 0 Å².